The maximum Gasteiger partial charge on any atom is 0.188 e. The predicted molar refractivity (Wildman–Crippen MR) is 81.4 cm³/mol. The van der Waals surface area contributed by atoms with E-state index < -0.39 is 0 Å². The first kappa shape index (κ1) is 14.6. The Labute approximate surface area is 125 Å². The molecule has 0 amide bonds. The van der Waals surface area contributed by atoms with Crippen LogP contribution in [0, 0.1) is 0 Å². The molecule has 1 atom stereocenters. The predicted octanol–water partition coefficient (Wildman–Crippen LogP) is 3.78. The second kappa shape index (κ2) is 7.07. The summed E-state index contributed by atoms with van der Waals surface area (Å²) in [7, 11) is 0. The van der Waals surface area contributed by atoms with Gasteiger partial charge in [0, 0.05) is 15.4 Å². The molecule has 0 saturated carbocycles. The zero-order valence-corrected chi connectivity index (χ0v) is 13.4. The third-order valence-corrected chi connectivity index (χ3v) is 4.20. The Balaban J connectivity index is 2.22. The number of benzene rings is 1. The summed E-state index contributed by atoms with van der Waals surface area (Å²) in [5.41, 5.74) is 1.28. The number of rotatable bonds is 6. The van der Waals surface area contributed by atoms with Gasteiger partial charge in [-0.2, -0.15) is 5.10 Å². The van der Waals surface area contributed by atoms with Crippen molar-refractivity contribution < 1.29 is 0 Å². The number of hydrogen-bond acceptors (Lipinski definition) is 4. The average molecular weight is 341 g/mol. The zero-order chi connectivity index (χ0) is 13.7. The Morgan fingerprint density at radius 3 is 3.00 bits per heavy atom. The van der Waals surface area contributed by atoms with Gasteiger partial charge in [-0.15, -0.1) is 0 Å². The van der Waals surface area contributed by atoms with Crippen LogP contribution in [0.4, 0.5) is 0 Å². The lowest BCUT2D eigenvalue weighted by molar-refractivity contribution is 0.563. The van der Waals surface area contributed by atoms with E-state index in [0.29, 0.717) is 6.04 Å². The highest BCUT2D eigenvalue weighted by Gasteiger charge is 2.12. The molecule has 2 rings (SSSR count). The first-order chi connectivity index (χ1) is 9.20. The number of aromatic amines is 1. The number of H-pyrrole nitrogens is 1. The molecule has 6 heteroatoms. The Hall–Kier alpha value is -0.850. The fraction of sp³-hybridized carbons (Fsp3) is 0.385. The van der Waals surface area contributed by atoms with Gasteiger partial charge in [-0.1, -0.05) is 28.9 Å². The lowest BCUT2D eigenvalue weighted by Crippen LogP contribution is -2.19. The molecule has 0 fully saturated rings. The summed E-state index contributed by atoms with van der Waals surface area (Å²) in [5, 5.41) is 11.1. The number of nitrogens with one attached hydrogen (secondary N) is 2. The fourth-order valence-corrected chi connectivity index (χ4v) is 3.24. The minimum atomic E-state index is 0.318. The van der Waals surface area contributed by atoms with Crippen LogP contribution in [0.1, 0.15) is 31.9 Å². The molecule has 2 aromatic rings. The van der Waals surface area contributed by atoms with Crippen molar-refractivity contribution in [2.24, 2.45) is 0 Å². The third-order valence-electron chi connectivity index (χ3n) is 2.74. The van der Waals surface area contributed by atoms with Crippen LogP contribution < -0.4 is 5.32 Å². The molecular weight excluding hydrogens is 324 g/mol. The minimum Gasteiger partial charge on any atom is -0.310 e. The Kier molecular flexibility index (Phi) is 5.42. The number of nitrogens with zero attached hydrogens (tertiary/aromatic N) is 2. The van der Waals surface area contributed by atoms with E-state index in [2.05, 4.69) is 68.5 Å². The van der Waals surface area contributed by atoms with E-state index in [4.69, 9.17) is 0 Å². The molecule has 19 heavy (non-hydrogen) atoms. The molecule has 0 aliphatic heterocycles. The maximum absolute atomic E-state index is 4.16. The minimum absolute atomic E-state index is 0.318. The summed E-state index contributed by atoms with van der Waals surface area (Å²) in [4.78, 5) is 5.35. The van der Waals surface area contributed by atoms with Gasteiger partial charge in [0.2, 0.25) is 0 Å². The largest absolute Gasteiger partial charge is 0.310 e. The molecular formula is C13H17BrN4S. The van der Waals surface area contributed by atoms with Crippen molar-refractivity contribution in [1.82, 2.24) is 20.5 Å². The van der Waals surface area contributed by atoms with Gasteiger partial charge < -0.3 is 5.32 Å². The van der Waals surface area contributed by atoms with Gasteiger partial charge in [0.25, 0.3) is 0 Å². The van der Waals surface area contributed by atoms with Crippen molar-refractivity contribution in [3.63, 3.8) is 0 Å². The molecule has 2 N–H and O–H groups in total. The van der Waals surface area contributed by atoms with Gasteiger partial charge in [0.05, 0.1) is 0 Å². The third kappa shape index (κ3) is 4.06. The van der Waals surface area contributed by atoms with Crippen LogP contribution in [0.2, 0.25) is 0 Å². The molecule has 102 valence electrons. The van der Waals surface area contributed by atoms with Gasteiger partial charge in [-0.25, -0.2) is 4.98 Å². The van der Waals surface area contributed by atoms with Crippen LogP contribution in [-0.4, -0.2) is 21.7 Å². The van der Waals surface area contributed by atoms with Crippen LogP contribution >= 0.6 is 27.7 Å². The Morgan fingerprint density at radius 1 is 1.47 bits per heavy atom. The summed E-state index contributed by atoms with van der Waals surface area (Å²) in [5.74, 6) is 0. The molecule has 0 spiro atoms. The molecule has 0 bridgehead atoms. The van der Waals surface area contributed by atoms with Crippen LogP contribution in [0.25, 0.3) is 0 Å². The number of aromatic nitrogens is 3. The van der Waals surface area contributed by atoms with Gasteiger partial charge in [0.15, 0.2) is 5.16 Å². The highest BCUT2D eigenvalue weighted by molar-refractivity contribution is 9.10. The van der Waals surface area contributed by atoms with Crippen molar-refractivity contribution in [2.45, 2.75) is 36.4 Å². The summed E-state index contributed by atoms with van der Waals surface area (Å²) in [6.45, 7) is 5.37. The van der Waals surface area contributed by atoms with Crippen molar-refractivity contribution in [3.05, 3.63) is 34.6 Å². The zero-order valence-electron chi connectivity index (χ0n) is 11.0. The quantitative estimate of drug-likeness (QED) is 0.840. The van der Waals surface area contributed by atoms with Gasteiger partial charge >= 0.3 is 0 Å². The fourth-order valence-electron chi connectivity index (χ4n) is 1.77. The lowest BCUT2D eigenvalue weighted by Gasteiger charge is -2.17. The van der Waals surface area contributed by atoms with Crippen LogP contribution in [0.5, 0.6) is 0 Å². The van der Waals surface area contributed by atoms with E-state index in [1.807, 2.05) is 0 Å². The summed E-state index contributed by atoms with van der Waals surface area (Å²) < 4.78 is 1.07. The summed E-state index contributed by atoms with van der Waals surface area (Å²) in [6.07, 6.45) is 2.66. The van der Waals surface area contributed by atoms with Crippen molar-refractivity contribution >= 4 is 27.7 Å². The average Bonchev–Trinajstić information content (AvgIpc) is 2.89. The van der Waals surface area contributed by atoms with Crippen LogP contribution in [0.3, 0.4) is 0 Å². The SMILES string of the molecule is CCCNC(C)c1ccc(Br)cc1Sc1ncn[nH]1. The smallest absolute Gasteiger partial charge is 0.188 e. The molecule has 0 aliphatic carbocycles. The molecule has 1 aromatic carbocycles. The molecule has 0 radical (unpaired) electrons. The van der Waals surface area contributed by atoms with Crippen molar-refractivity contribution in [3.8, 4) is 0 Å². The number of hydrogen-bond donors (Lipinski definition) is 2. The van der Waals surface area contributed by atoms with E-state index in [0.717, 1.165) is 22.6 Å². The first-order valence-corrected chi connectivity index (χ1v) is 7.87. The molecule has 1 aromatic heterocycles. The maximum atomic E-state index is 4.16. The molecule has 1 heterocycles. The molecule has 0 aliphatic rings. The van der Waals surface area contributed by atoms with Crippen molar-refractivity contribution in [2.75, 3.05) is 6.54 Å². The second-order valence-corrected chi connectivity index (χ2v) is 6.20. The van der Waals surface area contributed by atoms with E-state index in [1.54, 1.807) is 11.8 Å². The van der Waals surface area contributed by atoms with Crippen LogP contribution in [0.15, 0.2) is 39.1 Å². The lowest BCUT2D eigenvalue weighted by atomic mass is 10.1. The normalized spacial score (nSPS) is 12.6. The van der Waals surface area contributed by atoms with Crippen LogP contribution in [-0.2, 0) is 0 Å². The Bertz CT molecular complexity index is 515. The number of halogens is 1. The highest BCUT2D eigenvalue weighted by Crippen LogP contribution is 2.33. The van der Waals surface area contributed by atoms with Gasteiger partial charge in [-0.3, -0.25) is 5.10 Å². The van der Waals surface area contributed by atoms with E-state index in [-0.39, 0.29) is 0 Å². The van der Waals surface area contributed by atoms with Gasteiger partial charge in [0.1, 0.15) is 6.33 Å². The van der Waals surface area contributed by atoms with E-state index >= 15 is 0 Å². The second-order valence-electron chi connectivity index (χ2n) is 4.25. The van der Waals surface area contributed by atoms with Gasteiger partial charge in [-0.05, 0) is 49.3 Å². The van der Waals surface area contributed by atoms with Crippen molar-refractivity contribution in [1.29, 1.82) is 0 Å². The van der Waals surface area contributed by atoms with E-state index in [9.17, 15) is 0 Å². The first-order valence-electron chi connectivity index (χ1n) is 6.26. The molecule has 0 saturated heterocycles. The Morgan fingerprint density at radius 2 is 2.32 bits per heavy atom. The van der Waals surface area contributed by atoms with E-state index in [1.165, 1.54) is 16.8 Å². The monoisotopic (exact) mass is 340 g/mol. The highest BCUT2D eigenvalue weighted by atomic mass is 79.9. The molecule has 4 nitrogen and oxygen atoms in total. The topological polar surface area (TPSA) is 53.6 Å². The summed E-state index contributed by atoms with van der Waals surface area (Å²) >= 11 is 5.12. The standard InChI is InChI=1S/C13H17BrN4S/c1-3-6-15-9(2)11-5-4-10(14)7-12(11)19-13-16-8-17-18-13/h4-5,7-9,15H,3,6H2,1-2H3,(H,16,17,18). The molecule has 1 unspecified atom stereocenters. The summed E-state index contributed by atoms with van der Waals surface area (Å²) in [6, 6.07) is 6.66.